The van der Waals surface area contributed by atoms with Crippen LogP contribution in [0.2, 0.25) is 5.02 Å². The first kappa shape index (κ1) is 18.9. The number of phenols is 1. The number of rotatable bonds is 2. The molecule has 1 amide bonds. The number of phenolic OH excluding ortho intramolecular Hbond substituents is 1. The van der Waals surface area contributed by atoms with Crippen LogP contribution < -0.4 is 4.90 Å². The standard InChI is InChI=1S/C21H20ClN3O2S/c1-14-2-5-16(13-18(14)22)24-8-10-25(11-9-24)21-23-20(27)19(28-21)12-15-3-6-17(26)7-4-15/h2-7,12-13,26H,8-11H2,1H3/b19-12+. The lowest BCUT2D eigenvalue weighted by Crippen LogP contribution is -2.47. The second kappa shape index (κ2) is 7.89. The van der Waals surface area contributed by atoms with Crippen molar-refractivity contribution in [2.24, 2.45) is 4.99 Å². The molecule has 0 unspecified atom stereocenters. The number of carbonyl (C=O) groups excluding carboxylic acids is 1. The molecule has 0 bridgehead atoms. The third kappa shape index (κ3) is 4.03. The maximum atomic E-state index is 12.3. The van der Waals surface area contributed by atoms with Crippen LogP contribution in [-0.2, 0) is 4.79 Å². The SMILES string of the molecule is Cc1ccc(N2CCN(C3=NC(=O)/C(=C\c4ccc(O)cc4)S3)CC2)cc1Cl. The number of thioether (sulfide) groups is 1. The van der Waals surface area contributed by atoms with Gasteiger partial charge >= 0.3 is 0 Å². The molecule has 2 aromatic carbocycles. The summed E-state index contributed by atoms with van der Waals surface area (Å²) in [6, 6.07) is 12.9. The van der Waals surface area contributed by atoms with E-state index in [1.165, 1.54) is 11.8 Å². The number of hydrogen-bond donors (Lipinski definition) is 1. The van der Waals surface area contributed by atoms with Crippen LogP contribution in [0.4, 0.5) is 5.69 Å². The summed E-state index contributed by atoms with van der Waals surface area (Å²) in [7, 11) is 0. The van der Waals surface area contributed by atoms with Crippen molar-refractivity contribution >= 4 is 46.2 Å². The maximum absolute atomic E-state index is 12.3. The van der Waals surface area contributed by atoms with Gasteiger partial charge < -0.3 is 14.9 Å². The van der Waals surface area contributed by atoms with Crippen molar-refractivity contribution in [3.8, 4) is 5.75 Å². The molecule has 0 atom stereocenters. The number of aryl methyl sites for hydroxylation is 1. The van der Waals surface area contributed by atoms with E-state index in [0.717, 1.165) is 53.2 Å². The molecule has 28 heavy (non-hydrogen) atoms. The van der Waals surface area contributed by atoms with Gasteiger partial charge in [-0.15, -0.1) is 0 Å². The second-order valence-corrected chi connectivity index (χ2v) is 8.23. The van der Waals surface area contributed by atoms with Gasteiger partial charge in [0.25, 0.3) is 5.91 Å². The quantitative estimate of drug-likeness (QED) is 0.749. The fourth-order valence-corrected chi connectivity index (χ4v) is 4.33. The Morgan fingerprint density at radius 1 is 1.07 bits per heavy atom. The van der Waals surface area contributed by atoms with Crippen LogP contribution in [0.15, 0.2) is 52.4 Å². The molecule has 2 heterocycles. The molecule has 1 saturated heterocycles. The van der Waals surface area contributed by atoms with E-state index in [9.17, 15) is 9.90 Å². The van der Waals surface area contributed by atoms with Gasteiger partial charge in [-0.1, -0.05) is 29.8 Å². The number of aromatic hydroxyl groups is 1. The van der Waals surface area contributed by atoms with E-state index in [0.29, 0.717) is 4.91 Å². The second-order valence-electron chi connectivity index (χ2n) is 6.81. The molecule has 0 aliphatic carbocycles. The summed E-state index contributed by atoms with van der Waals surface area (Å²) in [6.07, 6.45) is 1.81. The van der Waals surface area contributed by atoms with Gasteiger partial charge in [0.15, 0.2) is 5.17 Å². The Hall–Kier alpha value is -2.44. The van der Waals surface area contributed by atoms with Crippen molar-refractivity contribution in [2.75, 3.05) is 31.1 Å². The molecule has 0 aromatic heterocycles. The largest absolute Gasteiger partial charge is 0.508 e. The Morgan fingerprint density at radius 3 is 2.43 bits per heavy atom. The number of piperazine rings is 1. The Labute approximate surface area is 173 Å². The first-order valence-electron chi connectivity index (χ1n) is 9.07. The van der Waals surface area contributed by atoms with E-state index >= 15 is 0 Å². The molecule has 0 saturated carbocycles. The first-order chi connectivity index (χ1) is 13.5. The van der Waals surface area contributed by atoms with E-state index in [2.05, 4.69) is 20.9 Å². The number of aliphatic imine (C=N–C) groups is 1. The molecule has 0 radical (unpaired) electrons. The summed E-state index contributed by atoms with van der Waals surface area (Å²) in [4.78, 5) is 21.6. The molecular formula is C21H20ClN3O2S. The minimum atomic E-state index is -0.208. The average Bonchev–Trinajstić information content (AvgIpc) is 3.06. The summed E-state index contributed by atoms with van der Waals surface area (Å²) >= 11 is 7.67. The number of amides is 1. The summed E-state index contributed by atoms with van der Waals surface area (Å²) in [5, 5.41) is 10.9. The summed E-state index contributed by atoms with van der Waals surface area (Å²) in [5.74, 6) is -0.00181. The Balaban J connectivity index is 1.40. The summed E-state index contributed by atoms with van der Waals surface area (Å²) < 4.78 is 0. The highest BCUT2D eigenvalue weighted by molar-refractivity contribution is 8.18. The lowest BCUT2D eigenvalue weighted by Gasteiger charge is -2.36. The van der Waals surface area contributed by atoms with E-state index in [1.54, 1.807) is 24.3 Å². The molecule has 4 rings (SSSR count). The van der Waals surface area contributed by atoms with Gasteiger partial charge in [-0.05, 0) is 60.2 Å². The van der Waals surface area contributed by atoms with Crippen LogP contribution in [0.25, 0.3) is 6.08 Å². The Morgan fingerprint density at radius 2 is 1.75 bits per heavy atom. The van der Waals surface area contributed by atoms with Gasteiger partial charge in [0.05, 0.1) is 4.91 Å². The predicted molar refractivity (Wildman–Crippen MR) is 116 cm³/mol. The van der Waals surface area contributed by atoms with Gasteiger partial charge in [-0.3, -0.25) is 4.79 Å². The molecule has 1 N–H and O–H groups in total. The minimum absolute atomic E-state index is 0.206. The number of halogens is 1. The zero-order chi connectivity index (χ0) is 19.7. The van der Waals surface area contributed by atoms with E-state index in [1.807, 2.05) is 25.1 Å². The van der Waals surface area contributed by atoms with Crippen LogP contribution in [0, 0.1) is 6.92 Å². The number of benzene rings is 2. The Kier molecular flexibility index (Phi) is 5.33. The van der Waals surface area contributed by atoms with E-state index in [4.69, 9.17) is 11.6 Å². The third-order valence-corrected chi connectivity index (χ3v) is 6.32. The third-order valence-electron chi connectivity index (χ3n) is 4.87. The van der Waals surface area contributed by atoms with Crippen LogP contribution in [0.3, 0.4) is 0 Å². The lowest BCUT2D eigenvalue weighted by molar-refractivity contribution is -0.113. The van der Waals surface area contributed by atoms with Gasteiger partial charge in [0, 0.05) is 36.9 Å². The highest BCUT2D eigenvalue weighted by Gasteiger charge is 2.28. The number of carbonyl (C=O) groups is 1. The highest BCUT2D eigenvalue weighted by Crippen LogP contribution is 2.31. The van der Waals surface area contributed by atoms with Crippen molar-refractivity contribution in [1.29, 1.82) is 0 Å². The van der Waals surface area contributed by atoms with Gasteiger partial charge in [0.2, 0.25) is 0 Å². The summed E-state index contributed by atoms with van der Waals surface area (Å²) in [6.45, 7) is 5.31. The van der Waals surface area contributed by atoms with Gasteiger partial charge in [-0.25, -0.2) is 0 Å². The first-order valence-corrected chi connectivity index (χ1v) is 10.3. The van der Waals surface area contributed by atoms with Gasteiger partial charge in [-0.2, -0.15) is 4.99 Å². The molecule has 5 nitrogen and oxygen atoms in total. The minimum Gasteiger partial charge on any atom is -0.508 e. The predicted octanol–water partition coefficient (Wildman–Crippen LogP) is 4.15. The van der Waals surface area contributed by atoms with E-state index in [-0.39, 0.29) is 11.7 Å². The van der Waals surface area contributed by atoms with Crippen LogP contribution >= 0.6 is 23.4 Å². The number of nitrogens with zero attached hydrogens (tertiary/aromatic N) is 3. The van der Waals surface area contributed by atoms with Crippen molar-refractivity contribution in [3.05, 3.63) is 63.5 Å². The van der Waals surface area contributed by atoms with E-state index < -0.39 is 0 Å². The zero-order valence-electron chi connectivity index (χ0n) is 15.4. The fraction of sp³-hybridized carbons (Fsp3) is 0.238. The highest BCUT2D eigenvalue weighted by atomic mass is 35.5. The lowest BCUT2D eigenvalue weighted by atomic mass is 10.2. The Bertz CT molecular complexity index is 964. The fourth-order valence-electron chi connectivity index (χ4n) is 3.19. The molecule has 0 spiro atoms. The molecular weight excluding hydrogens is 394 g/mol. The molecule has 144 valence electrons. The molecule has 2 aliphatic heterocycles. The van der Waals surface area contributed by atoms with Crippen molar-refractivity contribution in [3.63, 3.8) is 0 Å². The number of anilines is 1. The van der Waals surface area contributed by atoms with Gasteiger partial charge in [0.1, 0.15) is 5.75 Å². The maximum Gasteiger partial charge on any atom is 0.286 e. The number of amidine groups is 1. The van der Waals surface area contributed by atoms with Crippen molar-refractivity contribution in [2.45, 2.75) is 6.92 Å². The smallest absolute Gasteiger partial charge is 0.286 e. The summed E-state index contributed by atoms with van der Waals surface area (Å²) in [5.41, 5.74) is 3.07. The van der Waals surface area contributed by atoms with Crippen molar-refractivity contribution < 1.29 is 9.90 Å². The molecule has 7 heteroatoms. The topological polar surface area (TPSA) is 56.1 Å². The van der Waals surface area contributed by atoms with Crippen LogP contribution in [0.1, 0.15) is 11.1 Å². The average molecular weight is 414 g/mol. The molecule has 2 aromatic rings. The molecule has 2 aliphatic rings. The van der Waals surface area contributed by atoms with Crippen LogP contribution in [0.5, 0.6) is 5.75 Å². The van der Waals surface area contributed by atoms with Crippen molar-refractivity contribution in [1.82, 2.24) is 4.90 Å². The zero-order valence-corrected chi connectivity index (χ0v) is 17.0. The van der Waals surface area contributed by atoms with Crippen LogP contribution in [-0.4, -0.2) is 47.3 Å². The molecule has 1 fully saturated rings. The number of hydrogen-bond acceptors (Lipinski definition) is 5. The normalized spacial score (nSPS) is 18.7. The monoisotopic (exact) mass is 413 g/mol.